The summed E-state index contributed by atoms with van der Waals surface area (Å²) in [5, 5.41) is 0. The van der Waals surface area contributed by atoms with Gasteiger partial charge in [0, 0.05) is 16.5 Å². The molecule has 104 valence electrons. The Morgan fingerprint density at radius 2 is 1.90 bits per heavy atom. The summed E-state index contributed by atoms with van der Waals surface area (Å²) >= 11 is 8.07. The van der Waals surface area contributed by atoms with Crippen molar-refractivity contribution in [3.63, 3.8) is 0 Å². The lowest BCUT2D eigenvalue weighted by atomic mass is 10.1. The molecule has 2 aromatic carbocycles. The highest BCUT2D eigenvalue weighted by atomic mass is 79.9. The average Bonchev–Trinajstić information content (AvgIpc) is 2.39. The zero-order chi connectivity index (χ0) is 14.5. The van der Waals surface area contributed by atoms with Crippen molar-refractivity contribution in [3.8, 4) is 5.75 Å². The molecule has 2 nitrogen and oxygen atoms in total. The van der Waals surface area contributed by atoms with Crippen molar-refractivity contribution >= 4 is 33.1 Å². The number of halogens is 2. The van der Waals surface area contributed by atoms with Crippen LogP contribution in [0.15, 0.2) is 46.9 Å². The monoisotopic (exact) mass is 353 g/mol. The van der Waals surface area contributed by atoms with E-state index in [1.54, 1.807) is 12.1 Å². The van der Waals surface area contributed by atoms with Crippen molar-refractivity contribution in [1.82, 2.24) is 0 Å². The molecular weight excluding hydrogens is 341 g/mol. The minimum atomic E-state index is -0.288. The Hall–Kier alpha value is -1.46. The van der Waals surface area contributed by atoms with Crippen LogP contribution in [0.25, 0.3) is 0 Å². The normalized spacial score (nSPS) is 10.3. The molecule has 0 aliphatic carbocycles. The van der Waals surface area contributed by atoms with Crippen molar-refractivity contribution < 1.29 is 9.13 Å². The summed E-state index contributed by atoms with van der Waals surface area (Å²) in [4.78, 5) is 0.454. The van der Waals surface area contributed by atoms with Gasteiger partial charge in [-0.05, 0) is 29.8 Å². The van der Waals surface area contributed by atoms with Crippen LogP contribution in [0.3, 0.4) is 0 Å². The number of ether oxygens (including phenoxy) is 1. The van der Waals surface area contributed by atoms with Gasteiger partial charge >= 0.3 is 0 Å². The second kappa shape index (κ2) is 6.81. The van der Waals surface area contributed by atoms with Gasteiger partial charge in [-0.15, -0.1) is 0 Å². The average molecular weight is 354 g/mol. The molecule has 0 bridgehead atoms. The summed E-state index contributed by atoms with van der Waals surface area (Å²) in [6, 6.07) is 12.3. The first-order chi connectivity index (χ1) is 9.54. The third-order valence-electron chi connectivity index (χ3n) is 2.71. The van der Waals surface area contributed by atoms with Gasteiger partial charge in [-0.25, -0.2) is 4.39 Å². The van der Waals surface area contributed by atoms with Crippen LogP contribution in [0.4, 0.5) is 4.39 Å². The van der Waals surface area contributed by atoms with Crippen molar-refractivity contribution in [1.29, 1.82) is 0 Å². The van der Waals surface area contributed by atoms with Gasteiger partial charge in [0.25, 0.3) is 0 Å². The zero-order valence-electron chi connectivity index (χ0n) is 10.6. The summed E-state index contributed by atoms with van der Waals surface area (Å²) < 4.78 is 19.9. The van der Waals surface area contributed by atoms with E-state index in [0.29, 0.717) is 27.2 Å². The first-order valence-corrected chi connectivity index (χ1v) is 7.18. The Balaban J connectivity index is 1.98. The molecule has 20 heavy (non-hydrogen) atoms. The Labute approximate surface area is 130 Å². The fraction of sp³-hybridized carbons (Fsp3) is 0.133. The summed E-state index contributed by atoms with van der Waals surface area (Å²) in [6.07, 6.45) is 0.566. The van der Waals surface area contributed by atoms with Crippen molar-refractivity contribution in [2.75, 3.05) is 0 Å². The minimum Gasteiger partial charge on any atom is -0.489 e. The largest absolute Gasteiger partial charge is 0.489 e. The van der Waals surface area contributed by atoms with Gasteiger partial charge in [0.15, 0.2) is 0 Å². The molecule has 0 saturated carbocycles. The Kier molecular flexibility index (Phi) is 5.09. The summed E-state index contributed by atoms with van der Waals surface area (Å²) in [7, 11) is 0. The van der Waals surface area contributed by atoms with E-state index in [-0.39, 0.29) is 12.4 Å². The van der Waals surface area contributed by atoms with E-state index in [4.69, 9.17) is 22.7 Å². The highest BCUT2D eigenvalue weighted by Crippen LogP contribution is 2.18. The highest BCUT2D eigenvalue weighted by molar-refractivity contribution is 9.10. The Morgan fingerprint density at radius 1 is 1.20 bits per heavy atom. The van der Waals surface area contributed by atoms with Crippen molar-refractivity contribution in [2.24, 2.45) is 5.73 Å². The van der Waals surface area contributed by atoms with Crippen LogP contribution in [0, 0.1) is 5.82 Å². The van der Waals surface area contributed by atoms with E-state index < -0.39 is 0 Å². The van der Waals surface area contributed by atoms with Gasteiger partial charge in [-0.3, -0.25) is 0 Å². The number of nitrogens with two attached hydrogens (primary N) is 1. The lowest BCUT2D eigenvalue weighted by Crippen LogP contribution is -2.10. The van der Waals surface area contributed by atoms with E-state index in [1.165, 1.54) is 6.07 Å². The van der Waals surface area contributed by atoms with Gasteiger partial charge in [-0.2, -0.15) is 0 Å². The maximum Gasteiger partial charge on any atom is 0.130 e. The zero-order valence-corrected chi connectivity index (χ0v) is 13.0. The second-order valence-electron chi connectivity index (χ2n) is 4.31. The molecule has 0 heterocycles. The topological polar surface area (TPSA) is 35.2 Å². The highest BCUT2D eigenvalue weighted by Gasteiger charge is 2.04. The second-order valence-corrected chi connectivity index (χ2v) is 5.75. The van der Waals surface area contributed by atoms with E-state index >= 15 is 0 Å². The maximum absolute atomic E-state index is 13.6. The molecule has 0 saturated heterocycles. The lowest BCUT2D eigenvalue weighted by Gasteiger charge is -2.08. The number of benzene rings is 2. The van der Waals surface area contributed by atoms with E-state index in [2.05, 4.69) is 15.9 Å². The first kappa shape index (κ1) is 14.9. The van der Waals surface area contributed by atoms with Crippen LogP contribution in [0.1, 0.15) is 11.1 Å². The first-order valence-electron chi connectivity index (χ1n) is 5.98. The predicted molar refractivity (Wildman–Crippen MR) is 85.4 cm³/mol. The fourth-order valence-electron chi connectivity index (χ4n) is 1.70. The molecule has 5 heteroatoms. The van der Waals surface area contributed by atoms with Gasteiger partial charge in [0.1, 0.15) is 18.2 Å². The molecule has 0 fully saturated rings. The smallest absolute Gasteiger partial charge is 0.130 e. The third kappa shape index (κ3) is 4.28. The van der Waals surface area contributed by atoms with Crippen molar-refractivity contribution in [2.45, 2.75) is 13.0 Å². The quantitative estimate of drug-likeness (QED) is 0.825. The summed E-state index contributed by atoms with van der Waals surface area (Å²) in [6.45, 7) is 0.188. The molecule has 0 aromatic heterocycles. The van der Waals surface area contributed by atoms with E-state index in [0.717, 1.165) is 5.56 Å². The molecule has 2 rings (SSSR count). The molecule has 0 amide bonds. The fourth-order valence-corrected chi connectivity index (χ4v) is 2.20. The third-order valence-corrected chi connectivity index (χ3v) is 3.35. The molecule has 0 aliphatic heterocycles. The van der Waals surface area contributed by atoms with Crippen LogP contribution in [0.5, 0.6) is 5.75 Å². The molecule has 0 atom stereocenters. The number of rotatable bonds is 5. The number of thiocarbonyl (C=S) groups is 1. The van der Waals surface area contributed by atoms with Gasteiger partial charge < -0.3 is 10.5 Å². The standard InChI is InChI=1S/C15H13BrFNOS/c16-12-4-3-11(14(17)8-12)9-19-13-5-1-10(2-6-13)7-15(18)20/h1-6,8H,7,9H2,(H2,18,20). The molecule has 0 unspecified atom stereocenters. The predicted octanol–water partition coefficient (Wildman–Crippen LogP) is 4.00. The van der Waals surface area contributed by atoms with Crippen LogP contribution < -0.4 is 10.5 Å². The van der Waals surface area contributed by atoms with Crippen LogP contribution in [-0.2, 0) is 13.0 Å². The minimum absolute atomic E-state index is 0.188. The summed E-state index contributed by atoms with van der Waals surface area (Å²) in [5.74, 6) is 0.392. The van der Waals surface area contributed by atoms with Crippen LogP contribution in [-0.4, -0.2) is 4.99 Å². The molecular formula is C15H13BrFNOS. The van der Waals surface area contributed by atoms with Gasteiger partial charge in [-0.1, -0.05) is 46.3 Å². The van der Waals surface area contributed by atoms with Crippen LogP contribution in [0.2, 0.25) is 0 Å². The Bertz CT molecular complexity index is 616. The van der Waals surface area contributed by atoms with Crippen molar-refractivity contribution in [3.05, 3.63) is 63.9 Å². The van der Waals surface area contributed by atoms with Crippen LogP contribution >= 0.6 is 28.1 Å². The Morgan fingerprint density at radius 3 is 2.50 bits per heavy atom. The van der Waals surface area contributed by atoms with Gasteiger partial charge in [0.05, 0.1) is 4.99 Å². The SMILES string of the molecule is NC(=S)Cc1ccc(OCc2ccc(Br)cc2F)cc1. The number of hydrogen-bond acceptors (Lipinski definition) is 2. The maximum atomic E-state index is 13.6. The van der Waals surface area contributed by atoms with E-state index in [1.807, 2.05) is 24.3 Å². The molecule has 2 N–H and O–H groups in total. The number of hydrogen-bond donors (Lipinski definition) is 1. The molecule has 2 aromatic rings. The summed E-state index contributed by atoms with van der Waals surface area (Å²) in [5.41, 5.74) is 7.02. The lowest BCUT2D eigenvalue weighted by molar-refractivity contribution is 0.299. The van der Waals surface area contributed by atoms with E-state index in [9.17, 15) is 4.39 Å². The molecule has 0 spiro atoms. The molecule has 0 aliphatic rings. The van der Waals surface area contributed by atoms with Gasteiger partial charge in [0.2, 0.25) is 0 Å². The molecule has 0 radical (unpaired) electrons.